The summed E-state index contributed by atoms with van der Waals surface area (Å²) in [7, 11) is -3.92. The second kappa shape index (κ2) is 8.57. The summed E-state index contributed by atoms with van der Waals surface area (Å²) in [5.74, 6) is -1.04. The Balaban J connectivity index is 2.03. The first-order valence-corrected chi connectivity index (χ1v) is 12.4. The van der Waals surface area contributed by atoms with E-state index < -0.39 is 10.0 Å². The number of rotatable bonds is 5. The van der Waals surface area contributed by atoms with E-state index in [0.29, 0.717) is 27.6 Å². The Kier molecular flexibility index (Phi) is 5.91. The predicted octanol–water partition coefficient (Wildman–Crippen LogP) is 6.16. The molecule has 0 saturated carbocycles. The highest BCUT2D eigenvalue weighted by molar-refractivity contribution is 7.92. The Bertz CT molecular complexity index is 1510. The highest BCUT2D eigenvalue weighted by atomic mass is 32.2. The highest BCUT2D eigenvalue weighted by Crippen LogP contribution is 2.51. The predicted molar refractivity (Wildman–Crippen MR) is 135 cm³/mol. The quantitative estimate of drug-likeness (QED) is 0.203. The summed E-state index contributed by atoms with van der Waals surface area (Å²) in [5, 5.41) is 33.8. The molecule has 0 unspecified atom stereocenters. The second-order valence-corrected chi connectivity index (χ2v) is 10.5. The zero-order chi connectivity index (χ0) is 24.8. The number of benzene rings is 4. The zero-order valence-corrected chi connectivity index (χ0v) is 20.2. The van der Waals surface area contributed by atoms with E-state index in [1.165, 1.54) is 18.2 Å². The van der Waals surface area contributed by atoms with Crippen molar-refractivity contribution in [3.05, 3.63) is 77.4 Å². The van der Waals surface area contributed by atoms with Crippen molar-refractivity contribution in [1.29, 1.82) is 0 Å². The summed E-state index contributed by atoms with van der Waals surface area (Å²) in [4.78, 5) is 0.116. The standard InChI is InChI=1S/C27H27NO5S/c1-15(2)23-21(28-34(32,33)19-11-9-16(3)10-12-19)13-17(4)26(30)25(23)24-20-8-6-5-7-18(20)14-22(29)27(24)31/h5-15,28-31H,1-4H3. The fourth-order valence-electron chi connectivity index (χ4n) is 4.26. The van der Waals surface area contributed by atoms with Crippen molar-refractivity contribution in [2.75, 3.05) is 4.72 Å². The third kappa shape index (κ3) is 4.03. The molecule has 7 heteroatoms. The van der Waals surface area contributed by atoms with Crippen molar-refractivity contribution in [2.45, 2.75) is 38.5 Å². The zero-order valence-electron chi connectivity index (χ0n) is 19.4. The lowest BCUT2D eigenvalue weighted by molar-refractivity contribution is 0.405. The Morgan fingerprint density at radius 2 is 1.47 bits per heavy atom. The van der Waals surface area contributed by atoms with Crippen molar-refractivity contribution in [3.63, 3.8) is 0 Å². The molecule has 0 heterocycles. The number of anilines is 1. The summed E-state index contributed by atoms with van der Waals surface area (Å²) >= 11 is 0. The minimum Gasteiger partial charge on any atom is -0.507 e. The molecular weight excluding hydrogens is 450 g/mol. The van der Waals surface area contributed by atoms with Gasteiger partial charge in [0.15, 0.2) is 11.5 Å². The molecule has 4 aromatic carbocycles. The van der Waals surface area contributed by atoms with E-state index in [0.717, 1.165) is 5.56 Å². The van der Waals surface area contributed by atoms with E-state index in [1.54, 1.807) is 43.3 Å². The maximum Gasteiger partial charge on any atom is 0.261 e. The summed E-state index contributed by atoms with van der Waals surface area (Å²) in [6.07, 6.45) is 0. The molecule has 176 valence electrons. The Morgan fingerprint density at radius 3 is 2.12 bits per heavy atom. The van der Waals surface area contributed by atoms with Gasteiger partial charge in [-0.1, -0.05) is 55.8 Å². The highest BCUT2D eigenvalue weighted by Gasteiger charge is 2.27. The number of phenols is 3. The lowest BCUT2D eigenvalue weighted by atomic mass is 9.86. The fourth-order valence-corrected chi connectivity index (χ4v) is 5.33. The molecule has 0 spiro atoms. The monoisotopic (exact) mass is 477 g/mol. The Hall–Kier alpha value is -3.71. The molecule has 4 N–H and O–H groups in total. The van der Waals surface area contributed by atoms with Gasteiger partial charge in [0.2, 0.25) is 0 Å². The maximum absolute atomic E-state index is 13.2. The van der Waals surface area contributed by atoms with Crippen molar-refractivity contribution >= 4 is 26.5 Å². The minimum absolute atomic E-state index is 0.0898. The molecule has 0 bridgehead atoms. The molecule has 0 atom stereocenters. The smallest absolute Gasteiger partial charge is 0.261 e. The van der Waals surface area contributed by atoms with Crippen LogP contribution in [0.3, 0.4) is 0 Å². The van der Waals surface area contributed by atoms with Gasteiger partial charge in [-0.3, -0.25) is 4.72 Å². The van der Waals surface area contributed by atoms with Gasteiger partial charge < -0.3 is 15.3 Å². The molecule has 34 heavy (non-hydrogen) atoms. The van der Waals surface area contributed by atoms with Crippen LogP contribution in [0.5, 0.6) is 17.2 Å². The van der Waals surface area contributed by atoms with E-state index in [2.05, 4.69) is 4.72 Å². The molecule has 0 amide bonds. The van der Waals surface area contributed by atoms with E-state index in [-0.39, 0.29) is 39.2 Å². The van der Waals surface area contributed by atoms with E-state index >= 15 is 0 Å². The first-order chi connectivity index (χ1) is 16.0. The van der Waals surface area contributed by atoms with Crippen molar-refractivity contribution in [1.82, 2.24) is 0 Å². The Labute approximate surface area is 199 Å². The van der Waals surface area contributed by atoms with Crippen LogP contribution in [0.1, 0.15) is 36.5 Å². The van der Waals surface area contributed by atoms with Crippen LogP contribution in [-0.2, 0) is 10.0 Å². The van der Waals surface area contributed by atoms with Gasteiger partial charge in [-0.15, -0.1) is 0 Å². The van der Waals surface area contributed by atoms with Crippen LogP contribution in [0, 0.1) is 13.8 Å². The molecule has 4 rings (SSSR count). The maximum atomic E-state index is 13.2. The van der Waals surface area contributed by atoms with Crippen molar-refractivity contribution in [3.8, 4) is 28.4 Å². The number of hydrogen-bond acceptors (Lipinski definition) is 5. The van der Waals surface area contributed by atoms with Crippen LogP contribution in [0.15, 0.2) is 65.6 Å². The largest absolute Gasteiger partial charge is 0.507 e. The molecular formula is C27H27NO5S. The number of sulfonamides is 1. The van der Waals surface area contributed by atoms with Gasteiger partial charge >= 0.3 is 0 Å². The van der Waals surface area contributed by atoms with Gasteiger partial charge in [-0.25, -0.2) is 8.42 Å². The fraction of sp³-hybridized carbons (Fsp3) is 0.185. The summed E-state index contributed by atoms with van der Waals surface area (Å²) in [6, 6.07) is 16.7. The molecule has 4 aromatic rings. The molecule has 0 aliphatic heterocycles. The Morgan fingerprint density at radius 1 is 0.824 bits per heavy atom. The molecule has 0 aliphatic rings. The SMILES string of the molecule is Cc1ccc(S(=O)(=O)Nc2cc(C)c(O)c(-c3c(O)c(O)cc4ccccc34)c2C(C)C)cc1. The van der Waals surface area contributed by atoms with Gasteiger partial charge in [0, 0.05) is 11.1 Å². The van der Waals surface area contributed by atoms with E-state index in [9.17, 15) is 23.7 Å². The van der Waals surface area contributed by atoms with Crippen molar-refractivity contribution in [2.24, 2.45) is 0 Å². The summed E-state index contributed by atoms with van der Waals surface area (Å²) in [5.41, 5.74) is 2.69. The lowest BCUT2D eigenvalue weighted by Crippen LogP contribution is -2.15. The number of fused-ring (bicyclic) bond motifs is 1. The van der Waals surface area contributed by atoms with E-state index in [4.69, 9.17) is 0 Å². The number of phenolic OH excluding ortho intramolecular Hbond substituents is 3. The lowest BCUT2D eigenvalue weighted by Gasteiger charge is -2.23. The van der Waals surface area contributed by atoms with Crippen LogP contribution in [0.2, 0.25) is 0 Å². The normalized spacial score (nSPS) is 11.8. The summed E-state index contributed by atoms with van der Waals surface area (Å²) in [6.45, 7) is 7.29. The first-order valence-electron chi connectivity index (χ1n) is 10.9. The van der Waals surface area contributed by atoms with Gasteiger partial charge in [0.1, 0.15) is 5.75 Å². The van der Waals surface area contributed by atoms with Gasteiger partial charge in [0.05, 0.1) is 10.6 Å². The van der Waals surface area contributed by atoms with Gasteiger partial charge in [-0.2, -0.15) is 0 Å². The van der Waals surface area contributed by atoms with Crippen LogP contribution in [0.4, 0.5) is 5.69 Å². The first kappa shape index (κ1) is 23.4. The van der Waals surface area contributed by atoms with Crippen LogP contribution < -0.4 is 4.72 Å². The third-order valence-corrected chi connectivity index (χ3v) is 7.32. The molecule has 0 radical (unpaired) electrons. The van der Waals surface area contributed by atoms with Crippen LogP contribution >= 0.6 is 0 Å². The number of aromatic hydroxyl groups is 3. The molecule has 6 nitrogen and oxygen atoms in total. The third-order valence-electron chi connectivity index (χ3n) is 5.94. The van der Waals surface area contributed by atoms with E-state index in [1.807, 2.05) is 26.8 Å². The number of nitrogens with one attached hydrogen (secondary N) is 1. The average Bonchev–Trinajstić information content (AvgIpc) is 2.77. The summed E-state index contributed by atoms with van der Waals surface area (Å²) < 4.78 is 29.1. The minimum atomic E-state index is -3.92. The number of hydrogen-bond donors (Lipinski definition) is 4. The second-order valence-electron chi connectivity index (χ2n) is 8.79. The van der Waals surface area contributed by atoms with Gasteiger partial charge in [0.25, 0.3) is 10.0 Å². The average molecular weight is 478 g/mol. The molecule has 0 fully saturated rings. The molecule has 0 aliphatic carbocycles. The van der Waals surface area contributed by atoms with Crippen LogP contribution in [-0.4, -0.2) is 23.7 Å². The number of aryl methyl sites for hydroxylation is 2. The van der Waals surface area contributed by atoms with Crippen molar-refractivity contribution < 1.29 is 23.7 Å². The topological polar surface area (TPSA) is 107 Å². The van der Waals surface area contributed by atoms with Gasteiger partial charge in [-0.05, 0) is 65.9 Å². The molecule has 0 saturated heterocycles. The van der Waals surface area contributed by atoms with Crippen LogP contribution in [0.25, 0.3) is 21.9 Å². The molecule has 0 aromatic heterocycles.